The Balaban J connectivity index is 2.43. The van der Waals surface area contributed by atoms with Gasteiger partial charge in [0.15, 0.2) is 0 Å². The molecule has 0 aliphatic carbocycles. The fourth-order valence-corrected chi connectivity index (χ4v) is 2.38. The Labute approximate surface area is 131 Å². The van der Waals surface area contributed by atoms with Gasteiger partial charge in [-0.15, -0.1) is 0 Å². The van der Waals surface area contributed by atoms with E-state index in [9.17, 15) is 0 Å². The van der Waals surface area contributed by atoms with Crippen LogP contribution in [0.2, 0.25) is 0 Å². The number of nitrogens with zero attached hydrogens (tertiary/aromatic N) is 2. The molecule has 2 rings (SSSR count). The summed E-state index contributed by atoms with van der Waals surface area (Å²) in [5.41, 5.74) is 2.28. The SMILES string of the molecule is CO/N=C/C(c1ccccc1)C(/C=N/OC)c1ccccc1. The van der Waals surface area contributed by atoms with Crippen LogP contribution in [0.1, 0.15) is 23.0 Å². The molecule has 0 amide bonds. The molecule has 114 valence electrons. The molecule has 0 saturated carbocycles. The molecule has 0 aliphatic rings. The Kier molecular flexibility index (Phi) is 6.18. The predicted octanol–water partition coefficient (Wildman–Crippen LogP) is 3.82. The zero-order chi connectivity index (χ0) is 15.6. The van der Waals surface area contributed by atoms with Crippen LogP contribution in [-0.2, 0) is 9.68 Å². The smallest absolute Gasteiger partial charge is 0.106 e. The molecule has 0 N–H and O–H groups in total. The molecule has 0 saturated heterocycles. The van der Waals surface area contributed by atoms with Gasteiger partial charge >= 0.3 is 0 Å². The quantitative estimate of drug-likeness (QED) is 0.576. The Bertz CT molecular complexity index is 541. The summed E-state index contributed by atoms with van der Waals surface area (Å²) in [4.78, 5) is 9.76. The largest absolute Gasteiger partial charge is 0.399 e. The van der Waals surface area contributed by atoms with Crippen molar-refractivity contribution in [3.63, 3.8) is 0 Å². The molecular formula is C18H20N2O2. The molecule has 0 fully saturated rings. The second-order valence-corrected chi connectivity index (χ2v) is 4.75. The molecule has 4 nitrogen and oxygen atoms in total. The van der Waals surface area contributed by atoms with E-state index in [1.165, 1.54) is 0 Å². The van der Waals surface area contributed by atoms with Crippen LogP contribution in [0.4, 0.5) is 0 Å². The van der Waals surface area contributed by atoms with Gasteiger partial charge in [-0.2, -0.15) is 0 Å². The minimum Gasteiger partial charge on any atom is -0.399 e. The van der Waals surface area contributed by atoms with Crippen molar-refractivity contribution in [3.05, 3.63) is 71.8 Å². The van der Waals surface area contributed by atoms with Gasteiger partial charge in [-0.25, -0.2) is 0 Å². The van der Waals surface area contributed by atoms with Crippen LogP contribution >= 0.6 is 0 Å². The zero-order valence-electron chi connectivity index (χ0n) is 12.8. The minimum absolute atomic E-state index is 0.00227. The van der Waals surface area contributed by atoms with Crippen molar-refractivity contribution >= 4 is 12.4 Å². The predicted molar refractivity (Wildman–Crippen MR) is 89.4 cm³/mol. The molecular weight excluding hydrogens is 276 g/mol. The third-order valence-corrected chi connectivity index (χ3v) is 3.41. The number of oxime groups is 2. The number of rotatable bonds is 7. The number of benzene rings is 2. The molecule has 2 aromatic carbocycles. The Morgan fingerprint density at radius 3 is 1.36 bits per heavy atom. The summed E-state index contributed by atoms with van der Waals surface area (Å²) in [6.45, 7) is 0. The molecule has 2 unspecified atom stereocenters. The van der Waals surface area contributed by atoms with Crippen LogP contribution in [0.25, 0.3) is 0 Å². The first-order chi connectivity index (χ1) is 10.9. The van der Waals surface area contributed by atoms with E-state index in [1.807, 2.05) is 36.4 Å². The van der Waals surface area contributed by atoms with Gasteiger partial charge in [0.05, 0.1) is 12.4 Å². The van der Waals surface area contributed by atoms with Crippen LogP contribution in [0, 0.1) is 0 Å². The van der Waals surface area contributed by atoms with Gasteiger partial charge in [-0.3, -0.25) is 0 Å². The molecule has 2 aromatic rings. The van der Waals surface area contributed by atoms with E-state index in [-0.39, 0.29) is 11.8 Å². The lowest BCUT2D eigenvalue weighted by Gasteiger charge is -2.21. The van der Waals surface area contributed by atoms with E-state index >= 15 is 0 Å². The summed E-state index contributed by atoms with van der Waals surface area (Å²) >= 11 is 0. The van der Waals surface area contributed by atoms with E-state index in [2.05, 4.69) is 34.6 Å². The Hall–Kier alpha value is -2.62. The van der Waals surface area contributed by atoms with Crippen LogP contribution in [0.3, 0.4) is 0 Å². The van der Waals surface area contributed by atoms with E-state index in [4.69, 9.17) is 9.68 Å². The third kappa shape index (κ3) is 4.19. The first-order valence-electron chi connectivity index (χ1n) is 7.10. The van der Waals surface area contributed by atoms with Gasteiger partial charge in [-0.05, 0) is 11.1 Å². The van der Waals surface area contributed by atoms with Gasteiger partial charge in [0, 0.05) is 11.8 Å². The molecule has 0 spiro atoms. The van der Waals surface area contributed by atoms with Gasteiger partial charge in [-0.1, -0.05) is 71.0 Å². The van der Waals surface area contributed by atoms with Gasteiger partial charge in [0.2, 0.25) is 0 Å². The summed E-state index contributed by atoms with van der Waals surface area (Å²) in [6, 6.07) is 20.3. The highest BCUT2D eigenvalue weighted by Gasteiger charge is 2.22. The molecule has 0 bridgehead atoms. The minimum atomic E-state index is 0.00227. The normalized spacial score (nSPS) is 14.1. The summed E-state index contributed by atoms with van der Waals surface area (Å²) in [5, 5.41) is 7.95. The van der Waals surface area contributed by atoms with E-state index in [1.54, 1.807) is 26.6 Å². The Morgan fingerprint density at radius 2 is 1.05 bits per heavy atom. The maximum absolute atomic E-state index is 4.88. The standard InChI is InChI=1S/C18H20N2O2/c1-21-19-13-17(15-9-5-3-6-10-15)18(14-20-22-2)16-11-7-4-8-12-16/h3-14,17-18H,1-2H3/b19-13+,20-14+. The van der Waals surface area contributed by atoms with Crippen LogP contribution in [0.15, 0.2) is 71.0 Å². The second-order valence-electron chi connectivity index (χ2n) is 4.75. The second kappa shape index (κ2) is 8.62. The Morgan fingerprint density at radius 1 is 0.682 bits per heavy atom. The lowest BCUT2D eigenvalue weighted by molar-refractivity contribution is 0.212. The number of hydrogen-bond acceptors (Lipinski definition) is 4. The summed E-state index contributed by atoms with van der Waals surface area (Å²) in [7, 11) is 3.08. The van der Waals surface area contributed by atoms with Crippen molar-refractivity contribution in [3.8, 4) is 0 Å². The highest BCUT2D eigenvalue weighted by atomic mass is 16.6. The van der Waals surface area contributed by atoms with Crippen molar-refractivity contribution in [2.24, 2.45) is 10.3 Å². The van der Waals surface area contributed by atoms with E-state index < -0.39 is 0 Å². The zero-order valence-corrected chi connectivity index (χ0v) is 12.8. The van der Waals surface area contributed by atoms with Crippen LogP contribution < -0.4 is 0 Å². The molecule has 0 aliphatic heterocycles. The third-order valence-electron chi connectivity index (χ3n) is 3.41. The topological polar surface area (TPSA) is 43.2 Å². The van der Waals surface area contributed by atoms with Crippen LogP contribution in [-0.4, -0.2) is 26.6 Å². The van der Waals surface area contributed by atoms with E-state index in [0.29, 0.717) is 0 Å². The van der Waals surface area contributed by atoms with Crippen molar-refractivity contribution in [1.82, 2.24) is 0 Å². The maximum Gasteiger partial charge on any atom is 0.106 e. The molecule has 4 heteroatoms. The average molecular weight is 296 g/mol. The van der Waals surface area contributed by atoms with Crippen molar-refractivity contribution in [2.75, 3.05) is 14.2 Å². The fourth-order valence-electron chi connectivity index (χ4n) is 2.38. The summed E-state index contributed by atoms with van der Waals surface area (Å²) < 4.78 is 0. The lowest BCUT2D eigenvalue weighted by atomic mass is 9.83. The first-order valence-corrected chi connectivity index (χ1v) is 7.10. The molecule has 0 aromatic heterocycles. The average Bonchev–Trinajstić information content (AvgIpc) is 2.59. The molecule has 22 heavy (non-hydrogen) atoms. The van der Waals surface area contributed by atoms with Crippen molar-refractivity contribution in [2.45, 2.75) is 11.8 Å². The maximum atomic E-state index is 4.88. The molecule has 0 radical (unpaired) electrons. The number of hydrogen-bond donors (Lipinski definition) is 0. The molecule has 0 heterocycles. The first kappa shape index (κ1) is 15.8. The van der Waals surface area contributed by atoms with Crippen molar-refractivity contribution in [1.29, 1.82) is 0 Å². The monoisotopic (exact) mass is 296 g/mol. The highest BCUT2D eigenvalue weighted by Crippen LogP contribution is 2.30. The van der Waals surface area contributed by atoms with Gasteiger partial charge in [0.25, 0.3) is 0 Å². The highest BCUT2D eigenvalue weighted by molar-refractivity contribution is 5.80. The van der Waals surface area contributed by atoms with Crippen molar-refractivity contribution < 1.29 is 9.68 Å². The summed E-state index contributed by atoms with van der Waals surface area (Å²) in [6.07, 6.45) is 3.60. The van der Waals surface area contributed by atoms with Crippen LogP contribution in [0.5, 0.6) is 0 Å². The molecule has 2 atom stereocenters. The summed E-state index contributed by atoms with van der Waals surface area (Å²) in [5.74, 6) is 0.00454. The van der Waals surface area contributed by atoms with E-state index in [0.717, 1.165) is 11.1 Å². The fraction of sp³-hybridized carbons (Fsp3) is 0.222. The van der Waals surface area contributed by atoms with Gasteiger partial charge in [0.1, 0.15) is 14.2 Å². The van der Waals surface area contributed by atoms with Gasteiger partial charge < -0.3 is 9.68 Å². The lowest BCUT2D eigenvalue weighted by Crippen LogP contribution is -2.15.